The molecule has 0 fully saturated rings. The number of hydrogen-bond donors (Lipinski definition) is 1. The second-order valence-corrected chi connectivity index (χ2v) is 6.88. The summed E-state index contributed by atoms with van der Waals surface area (Å²) in [4.78, 5) is 37.8. The van der Waals surface area contributed by atoms with E-state index in [1.165, 1.54) is 16.2 Å². The first-order valence-electron chi connectivity index (χ1n) is 8.08. The quantitative estimate of drug-likeness (QED) is 0.801. The van der Waals surface area contributed by atoms with Gasteiger partial charge in [-0.25, -0.2) is 0 Å². The Bertz CT molecular complexity index is 846. The van der Waals surface area contributed by atoms with Crippen LogP contribution >= 0.6 is 11.3 Å². The van der Waals surface area contributed by atoms with Crippen LogP contribution in [0.4, 0.5) is 5.13 Å². The Morgan fingerprint density at radius 2 is 1.96 bits per heavy atom. The number of benzene rings is 1. The van der Waals surface area contributed by atoms with Crippen molar-refractivity contribution in [3.8, 4) is 0 Å². The summed E-state index contributed by atoms with van der Waals surface area (Å²) in [6.07, 6.45) is 1.37. The molecule has 1 aliphatic heterocycles. The molecule has 3 rings (SSSR count). The molecule has 130 valence electrons. The lowest BCUT2D eigenvalue weighted by Gasteiger charge is -2.13. The lowest BCUT2D eigenvalue weighted by atomic mass is 10.1. The van der Waals surface area contributed by atoms with E-state index < -0.39 is 0 Å². The van der Waals surface area contributed by atoms with Crippen LogP contribution in [0, 0.1) is 6.92 Å². The molecule has 3 amide bonds. The fourth-order valence-corrected chi connectivity index (χ4v) is 3.33. The van der Waals surface area contributed by atoms with Crippen molar-refractivity contribution in [2.45, 2.75) is 33.1 Å². The van der Waals surface area contributed by atoms with Crippen LogP contribution in [-0.4, -0.2) is 39.4 Å². The molecule has 0 saturated heterocycles. The molecule has 8 heteroatoms. The lowest BCUT2D eigenvalue weighted by molar-refractivity contribution is -0.116. The van der Waals surface area contributed by atoms with Crippen molar-refractivity contribution in [2.75, 3.05) is 11.9 Å². The first-order valence-corrected chi connectivity index (χ1v) is 8.90. The summed E-state index contributed by atoms with van der Waals surface area (Å²) in [7, 11) is 0. The number of anilines is 1. The third kappa shape index (κ3) is 3.58. The topological polar surface area (TPSA) is 92.3 Å². The highest BCUT2D eigenvalue weighted by molar-refractivity contribution is 7.15. The maximum atomic E-state index is 12.3. The van der Waals surface area contributed by atoms with Crippen molar-refractivity contribution in [3.05, 3.63) is 39.9 Å². The number of aromatic nitrogens is 2. The van der Waals surface area contributed by atoms with E-state index in [4.69, 9.17) is 0 Å². The molecule has 7 nitrogen and oxygen atoms in total. The third-order valence-electron chi connectivity index (χ3n) is 3.93. The van der Waals surface area contributed by atoms with Gasteiger partial charge in [0.1, 0.15) is 5.01 Å². The summed E-state index contributed by atoms with van der Waals surface area (Å²) in [5.41, 5.74) is 1.81. The molecular formula is C17H18N4O3S. The first kappa shape index (κ1) is 17.2. The molecule has 1 aromatic carbocycles. The van der Waals surface area contributed by atoms with Gasteiger partial charge in [0, 0.05) is 13.0 Å². The summed E-state index contributed by atoms with van der Waals surface area (Å²) in [5, 5.41) is 11.8. The molecule has 0 spiro atoms. The molecule has 0 radical (unpaired) electrons. The number of carbonyl (C=O) groups is 3. The number of nitrogens with one attached hydrogen (secondary N) is 1. The van der Waals surface area contributed by atoms with E-state index >= 15 is 0 Å². The Morgan fingerprint density at radius 3 is 2.68 bits per heavy atom. The van der Waals surface area contributed by atoms with E-state index in [1.807, 2.05) is 19.9 Å². The zero-order chi connectivity index (χ0) is 18.0. The van der Waals surface area contributed by atoms with Gasteiger partial charge >= 0.3 is 0 Å². The number of rotatable bonds is 6. The van der Waals surface area contributed by atoms with Gasteiger partial charge < -0.3 is 5.32 Å². The highest BCUT2D eigenvalue weighted by Gasteiger charge is 2.34. The van der Waals surface area contributed by atoms with E-state index in [-0.39, 0.29) is 30.7 Å². The number of imide groups is 1. The number of amides is 3. The van der Waals surface area contributed by atoms with Crippen molar-refractivity contribution in [1.82, 2.24) is 15.1 Å². The van der Waals surface area contributed by atoms with Gasteiger partial charge in [0.2, 0.25) is 11.0 Å². The molecule has 0 atom stereocenters. The maximum Gasteiger partial charge on any atom is 0.261 e. The second kappa shape index (κ2) is 7.10. The van der Waals surface area contributed by atoms with Crippen molar-refractivity contribution >= 4 is 34.2 Å². The Hall–Kier alpha value is -2.61. The largest absolute Gasteiger partial charge is 0.301 e. The molecule has 0 bridgehead atoms. The van der Waals surface area contributed by atoms with E-state index in [0.717, 1.165) is 17.0 Å². The minimum absolute atomic E-state index is 0.202. The Morgan fingerprint density at radius 1 is 1.20 bits per heavy atom. The van der Waals surface area contributed by atoms with E-state index in [1.54, 1.807) is 12.1 Å². The van der Waals surface area contributed by atoms with Gasteiger partial charge in [0.15, 0.2) is 0 Å². The van der Waals surface area contributed by atoms with Crippen LogP contribution in [0.5, 0.6) is 0 Å². The summed E-state index contributed by atoms with van der Waals surface area (Å²) in [5.74, 6) is -0.788. The van der Waals surface area contributed by atoms with Gasteiger partial charge in [-0.3, -0.25) is 19.3 Å². The molecule has 0 unspecified atom stereocenters. The third-order valence-corrected chi connectivity index (χ3v) is 4.91. The van der Waals surface area contributed by atoms with Crippen LogP contribution < -0.4 is 5.32 Å². The van der Waals surface area contributed by atoms with Crippen LogP contribution in [0.1, 0.15) is 51.1 Å². The van der Waals surface area contributed by atoms with Crippen LogP contribution in [0.2, 0.25) is 0 Å². The molecule has 25 heavy (non-hydrogen) atoms. The van der Waals surface area contributed by atoms with Crippen molar-refractivity contribution in [3.63, 3.8) is 0 Å². The molecule has 2 aromatic rings. The fraction of sp³-hybridized carbons (Fsp3) is 0.353. The predicted molar refractivity (Wildman–Crippen MR) is 93.7 cm³/mol. The Kier molecular flexibility index (Phi) is 4.89. The highest BCUT2D eigenvalue weighted by atomic mass is 32.1. The van der Waals surface area contributed by atoms with Gasteiger partial charge in [-0.1, -0.05) is 29.9 Å². The lowest BCUT2D eigenvalue weighted by Crippen LogP contribution is -2.31. The standard InChI is InChI=1S/C17H18N4O3S/c1-3-14-19-20-17(25-14)18-13(22)5-4-8-21-15(23)11-7-6-10(2)9-12(11)16(21)24/h6-7,9H,3-5,8H2,1-2H3,(H,18,20,22). The van der Waals surface area contributed by atoms with Crippen molar-refractivity contribution < 1.29 is 14.4 Å². The molecule has 0 saturated carbocycles. The summed E-state index contributed by atoms with van der Waals surface area (Å²) in [6, 6.07) is 5.22. The monoisotopic (exact) mass is 358 g/mol. The Labute approximate surface area is 149 Å². The average Bonchev–Trinajstić information content (AvgIpc) is 3.13. The number of fused-ring (bicyclic) bond motifs is 1. The number of carbonyl (C=O) groups excluding carboxylic acids is 3. The van der Waals surface area contributed by atoms with E-state index in [2.05, 4.69) is 15.5 Å². The molecule has 1 aliphatic rings. The summed E-state index contributed by atoms with van der Waals surface area (Å²) in [6.45, 7) is 4.06. The summed E-state index contributed by atoms with van der Waals surface area (Å²) < 4.78 is 0. The molecular weight excluding hydrogens is 340 g/mol. The van der Waals surface area contributed by atoms with Crippen molar-refractivity contribution in [2.24, 2.45) is 0 Å². The predicted octanol–water partition coefficient (Wildman–Crippen LogP) is 2.42. The smallest absolute Gasteiger partial charge is 0.261 e. The fourth-order valence-electron chi connectivity index (χ4n) is 2.63. The highest BCUT2D eigenvalue weighted by Crippen LogP contribution is 2.24. The molecule has 1 aromatic heterocycles. The van der Waals surface area contributed by atoms with E-state index in [9.17, 15) is 14.4 Å². The van der Waals surface area contributed by atoms with Gasteiger partial charge in [-0.05, 0) is 31.9 Å². The van der Waals surface area contributed by atoms with Gasteiger partial charge in [0.25, 0.3) is 11.8 Å². The zero-order valence-electron chi connectivity index (χ0n) is 14.0. The van der Waals surface area contributed by atoms with Crippen LogP contribution in [-0.2, 0) is 11.2 Å². The maximum absolute atomic E-state index is 12.3. The van der Waals surface area contributed by atoms with Gasteiger partial charge in [-0.15, -0.1) is 10.2 Å². The average molecular weight is 358 g/mol. The van der Waals surface area contributed by atoms with Gasteiger partial charge in [-0.2, -0.15) is 0 Å². The Balaban J connectivity index is 1.53. The van der Waals surface area contributed by atoms with Crippen LogP contribution in [0.3, 0.4) is 0 Å². The minimum atomic E-state index is -0.294. The minimum Gasteiger partial charge on any atom is -0.301 e. The van der Waals surface area contributed by atoms with Gasteiger partial charge in [0.05, 0.1) is 11.1 Å². The number of aryl methyl sites for hydroxylation is 2. The second-order valence-electron chi connectivity index (χ2n) is 5.82. The zero-order valence-corrected chi connectivity index (χ0v) is 14.9. The van der Waals surface area contributed by atoms with E-state index in [0.29, 0.717) is 22.7 Å². The van der Waals surface area contributed by atoms with Crippen LogP contribution in [0.25, 0.3) is 0 Å². The normalized spacial score (nSPS) is 13.3. The molecule has 1 N–H and O–H groups in total. The molecule has 2 heterocycles. The number of nitrogens with zero attached hydrogens (tertiary/aromatic N) is 3. The van der Waals surface area contributed by atoms with Crippen LogP contribution in [0.15, 0.2) is 18.2 Å². The molecule has 0 aliphatic carbocycles. The first-order chi connectivity index (χ1) is 12.0. The SMILES string of the molecule is CCc1nnc(NC(=O)CCCN2C(=O)c3ccc(C)cc3C2=O)s1. The van der Waals surface area contributed by atoms with Crippen molar-refractivity contribution in [1.29, 1.82) is 0 Å². The summed E-state index contributed by atoms with van der Waals surface area (Å²) >= 11 is 1.34. The number of hydrogen-bond acceptors (Lipinski definition) is 6.